The van der Waals surface area contributed by atoms with E-state index in [4.69, 9.17) is 4.74 Å². The van der Waals surface area contributed by atoms with Crippen LogP contribution in [0.1, 0.15) is 57.9 Å². The van der Waals surface area contributed by atoms with Gasteiger partial charge in [-0.05, 0) is 87.3 Å². The average molecular weight is 327 g/mol. The number of hydrogen-bond donors (Lipinski definition) is 1. The third-order valence-corrected chi connectivity index (χ3v) is 6.66. The lowest BCUT2D eigenvalue weighted by molar-refractivity contribution is -0.149. The summed E-state index contributed by atoms with van der Waals surface area (Å²) >= 11 is 0. The second kappa shape index (κ2) is 5.50. The minimum atomic E-state index is -0.131. The van der Waals surface area contributed by atoms with Crippen LogP contribution in [0.25, 0.3) is 0 Å². The highest BCUT2D eigenvalue weighted by Crippen LogP contribution is 2.65. The molecule has 24 heavy (non-hydrogen) atoms. The van der Waals surface area contributed by atoms with E-state index >= 15 is 0 Å². The van der Waals surface area contributed by atoms with Crippen LogP contribution in [0.15, 0.2) is 24.3 Å². The Balaban J connectivity index is 1.68. The largest absolute Gasteiger partial charge is 0.497 e. The summed E-state index contributed by atoms with van der Waals surface area (Å²) in [4.78, 5) is 13.0. The van der Waals surface area contributed by atoms with E-state index in [1.54, 1.807) is 7.11 Å². The van der Waals surface area contributed by atoms with Crippen molar-refractivity contribution in [2.45, 2.75) is 63.8 Å². The van der Waals surface area contributed by atoms with E-state index in [-0.39, 0.29) is 16.9 Å². The van der Waals surface area contributed by atoms with Crippen molar-refractivity contribution in [3.63, 3.8) is 0 Å². The minimum absolute atomic E-state index is 0.131. The zero-order valence-electron chi connectivity index (χ0n) is 15.1. The molecule has 3 heteroatoms. The van der Waals surface area contributed by atoms with E-state index in [1.807, 2.05) is 0 Å². The Bertz CT molecular complexity index is 620. The van der Waals surface area contributed by atoms with Crippen molar-refractivity contribution in [1.82, 2.24) is 5.32 Å². The van der Waals surface area contributed by atoms with Crippen molar-refractivity contribution in [2.75, 3.05) is 7.11 Å². The summed E-state index contributed by atoms with van der Waals surface area (Å²) in [5.74, 6) is 2.65. The molecule has 1 aromatic rings. The molecular formula is C21H29NO2. The Morgan fingerprint density at radius 2 is 1.75 bits per heavy atom. The number of ether oxygens (including phenoxy) is 1. The molecule has 5 rings (SSSR count). The van der Waals surface area contributed by atoms with Crippen LogP contribution in [-0.2, 0) is 10.2 Å². The van der Waals surface area contributed by atoms with Crippen LogP contribution < -0.4 is 10.1 Å². The highest BCUT2D eigenvalue weighted by molar-refractivity contribution is 5.83. The van der Waals surface area contributed by atoms with Gasteiger partial charge in [-0.3, -0.25) is 4.79 Å². The van der Waals surface area contributed by atoms with Gasteiger partial charge in [0.05, 0.1) is 12.5 Å². The van der Waals surface area contributed by atoms with E-state index in [9.17, 15) is 4.79 Å². The van der Waals surface area contributed by atoms with Gasteiger partial charge in [0, 0.05) is 6.04 Å². The summed E-state index contributed by atoms with van der Waals surface area (Å²) in [5.41, 5.74) is 1.48. The van der Waals surface area contributed by atoms with Crippen LogP contribution >= 0.6 is 0 Å². The number of rotatable bonds is 4. The summed E-state index contributed by atoms with van der Waals surface area (Å²) in [6, 6.07) is 8.85. The predicted molar refractivity (Wildman–Crippen MR) is 95.1 cm³/mol. The van der Waals surface area contributed by atoms with Crippen molar-refractivity contribution in [1.29, 1.82) is 0 Å². The van der Waals surface area contributed by atoms with Gasteiger partial charge in [0.15, 0.2) is 0 Å². The maximum absolute atomic E-state index is 13.0. The fourth-order valence-electron chi connectivity index (χ4n) is 6.23. The van der Waals surface area contributed by atoms with E-state index < -0.39 is 0 Å². The average Bonchev–Trinajstić information content (AvgIpc) is 2.53. The summed E-state index contributed by atoms with van der Waals surface area (Å²) in [6.45, 7) is 4.13. The monoisotopic (exact) mass is 327 g/mol. The third-order valence-electron chi connectivity index (χ3n) is 6.66. The molecule has 0 spiro atoms. The fourth-order valence-corrected chi connectivity index (χ4v) is 6.23. The smallest absolute Gasteiger partial charge is 0.226 e. The molecule has 2 atom stereocenters. The standard InChI is InChI=1S/C21H29NO2/c1-14(2)22-19(23)21-11-15-8-16(12-21)10-20(9-15,13-21)17-4-6-18(24-3)7-5-17/h4-7,14-16H,8-13H2,1-3H3,(H,22,23). The molecule has 0 aliphatic heterocycles. The second-order valence-electron chi connectivity index (χ2n) is 8.88. The number of nitrogens with one attached hydrogen (secondary N) is 1. The van der Waals surface area contributed by atoms with Crippen molar-refractivity contribution in [3.05, 3.63) is 29.8 Å². The first kappa shape index (κ1) is 16.0. The Morgan fingerprint density at radius 3 is 2.29 bits per heavy atom. The van der Waals surface area contributed by atoms with Gasteiger partial charge in [-0.1, -0.05) is 12.1 Å². The summed E-state index contributed by atoms with van der Waals surface area (Å²) in [7, 11) is 1.71. The highest BCUT2D eigenvalue weighted by atomic mass is 16.5. The number of amides is 1. The topological polar surface area (TPSA) is 38.3 Å². The molecule has 1 N–H and O–H groups in total. The van der Waals surface area contributed by atoms with Crippen LogP contribution in [0.4, 0.5) is 0 Å². The van der Waals surface area contributed by atoms with Crippen LogP contribution in [0.2, 0.25) is 0 Å². The number of carbonyl (C=O) groups excluding carboxylic acids is 1. The number of benzene rings is 1. The Hall–Kier alpha value is -1.51. The van der Waals surface area contributed by atoms with E-state index in [0.29, 0.717) is 17.7 Å². The second-order valence-corrected chi connectivity index (χ2v) is 8.88. The maximum Gasteiger partial charge on any atom is 0.226 e. The molecule has 0 heterocycles. The quantitative estimate of drug-likeness (QED) is 0.906. The van der Waals surface area contributed by atoms with Crippen LogP contribution in [-0.4, -0.2) is 19.1 Å². The zero-order chi connectivity index (χ0) is 16.9. The van der Waals surface area contributed by atoms with Crippen LogP contribution in [0, 0.1) is 17.3 Å². The molecule has 4 bridgehead atoms. The molecule has 4 fully saturated rings. The Morgan fingerprint density at radius 1 is 1.12 bits per heavy atom. The number of carbonyl (C=O) groups is 1. The van der Waals surface area contributed by atoms with E-state index in [2.05, 4.69) is 43.4 Å². The van der Waals surface area contributed by atoms with Crippen LogP contribution in [0.3, 0.4) is 0 Å². The summed E-state index contributed by atoms with van der Waals surface area (Å²) in [5, 5.41) is 3.23. The molecule has 0 radical (unpaired) electrons. The van der Waals surface area contributed by atoms with Crippen molar-refractivity contribution in [3.8, 4) is 5.75 Å². The van der Waals surface area contributed by atoms with Gasteiger partial charge in [0.25, 0.3) is 0 Å². The van der Waals surface area contributed by atoms with Crippen molar-refractivity contribution < 1.29 is 9.53 Å². The number of methoxy groups -OCH3 is 1. The number of hydrogen-bond acceptors (Lipinski definition) is 2. The van der Waals surface area contributed by atoms with Crippen molar-refractivity contribution in [2.24, 2.45) is 17.3 Å². The van der Waals surface area contributed by atoms with Crippen molar-refractivity contribution >= 4 is 5.91 Å². The Kier molecular flexibility index (Phi) is 3.67. The molecule has 4 aliphatic carbocycles. The summed E-state index contributed by atoms with van der Waals surface area (Å²) < 4.78 is 5.33. The highest BCUT2D eigenvalue weighted by Gasteiger charge is 2.60. The molecule has 1 aromatic carbocycles. The van der Waals surface area contributed by atoms with Gasteiger partial charge >= 0.3 is 0 Å². The molecule has 3 nitrogen and oxygen atoms in total. The molecule has 130 valence electrons. The summed E-state index contributed by atoms with van der Waals surface area (Å²) in [6.07, 6.45) is 7.06. The van der Waals surface area contributed by atoms with Gasteiger partial charge in [0.2, 0.25) is 5.91 Å². The third kappa shape index (κ3) is 2.44. The van der Waals surface area contributed by atoms with Gasteiger partial charge in [-0.25, -0.2) is 0 Å². The lowest BCUT2D eigenvalue weighted by Crippen LogP contribution is -2.59. The lowest BCUT2D eigenvalue weighted by Gasteiger charge is -2.61. The zero-order valence-corrected chi connectivity index (χ0v) is 15.1. The first-order chi connectivity index (χ1) is 11.4. The fraction of sp³-hybridized carbons (Fsp3) is 0.667. The first-order valence-electron chi connectivity index (χ1n) is 9.40. The van der Waals surface area contributed by atoms with E-state index in [1.165, 1.54) is 24.8 Å². The molecule has 0 saturated heterocycles. The van der Waals surface area contributed by atoms with E-state index in [0.717, 1.165) is 25.0 Å². The van der Waals surface area contributed by atoms with Gasteiger partial charge < -0.3 is 10.1 Å². The molecule has 4 aliphatic rings. The predicted octanol–water partition coefficient (Wildman–Crippen LogP) is 4.06. The molecule has 2 unspecified atom stereocenters. The molecule has 1 amide bonds. The van der Waals surface area contributed by atoms with Gasteiger partial charge in [-0.15, -0.1) is 0 Å². The van der Waals surface area contributed by atoms with Gasteiger partial charge in [-0.2, -0.15) is 0 Å². The first-order valence-corrected chi connectivity index (χ1v) is 9.40. The molecule has 0 aromatic heterocycles. The normalized spacial score (nSPS) is 36.8. The molecular weight excluding hydrogens is 298 g/mol. The maximum atomic E-state index is 13.0. The van der Waals surface area contributed by atoms with Crippen LogP contribution in [0.5, 0.6) is 5.75 Å². The minimum Gasteiger partial charge on any atom is -0.497 e. The SMILES string of the molecule is COc1ccc(C23CC4CC(CC(C(=O)NC(C)C)(C4)C2)C3)cc1. The van der Waals surface area contributed by atoms with Gasteiger partial charge in [0.1, 0.15) is 5.75 Å². The molecule has 4 saturated carbocycles. The Labute approximate surface area is 145 Å². The lowest BCUT2D eigenvalue weighted by atomic mass is 9.42.